The van der Waals surface area contributed by atoms with Gasteiger partial charge in [-0.3, -0.25) is 14.4 Å². The number of anilines is 1. The summed E-state index contributed by atoms with van der Waals surface area (Å²) in [5.41, 5.74) is 2.73. The molecule has 1 aromatic carbocycles. The van der Waals surface area contributed by atoms with Crippen molar-refractivity contribution in [2.75, 3.05) is 18.5 Å². The molecule has 0 saturated carbocycles. The molecule has 3 fully saturated rings. The van der Waals surface area contributed by atoms with Crippen LogP contribution in [0.1, 0.15) is 50.7 Å². The van der Waals surface area contributed by atoms with E-state index in [-0.39, 0.29) is 29.6 Å². The van der Waals surface area contributed by atoms with Crippen molar-refractivity contribution in [3.05, 3.63) is 29.3 Å². The van der Waals surface area contributed by atoms with Crippen LogP contribution in [0.4, 0.5) is 5.69 Å². The third-order valence-corrected chi connectivity index (χ3v) is 9.52. The molecule has 3 aliphatic heterocycles. The van der Waals surface area contributed by atoms with E-state index in [2.05, 4.69) is 10.6 Å². The van der Waals surface area contributed by atoms with Gasteiger partial charge in [-0.25, -0.2) is 0 Å². The average molecular weight is 474 g/mol. The van der Waals surface area contributed by atoms with Crippen molar-refractivity contribution in [1.82, 2.24) is 10.2 Å². The van der Waals surface area contributed by atoms with Gasteiger partial charge in [0.25, 0.3) is 0 Å². The molecule has 33 heavy (non-hydrogen) atoms. The van der Waals surface area contributed by atoms with Crippen molar-refractivity contribution in [1.29, 1.82) is 0 Å². The van der Waals surface area contributed by atoms with Crippen LogP contribution in [-0.4, -0.2) is 63.0 Å². The number of thioether (sulfide) groups is 1. The van der Waals surface area contributed by atoms with E-state index in [0.29, 0.717) is 13.0 Å². The van der Waals surface area contributed by atoms with E-state index < -0.39 is 28.7 Å². The summed E-state index contributed by atoms with van der Waals surface area (Å²) in [4.78, 5) is 42.4. The Morgan fingerprint density at radius 3 is 2.70 bits per heavy atom. The predicted molar refractivity (Wildman–Crippen MR) is 130 cm³/mol. The van der Waals surface area contributed by atoms with Crippen LogP contribution in [0.3, 0.4) is 0 Å². The van der Waals surface area contributed by atoms with E-state index in [1.54, 1.807) is 16.7 Å². The Kier molecular flexibility index (Phi) is 6.78. The second-order valence-electron chi connectivity index (χ2n) is 9.64. The number of aliphatic hydroxyl groups excluding tert-OH is 1. The zero-order valence-electron chi connectivity index (χ0n) is 19.9. The minimum Gasteiger partial charge on any atom is -0.394 e. The zero-order chi connectivity index (χ0) is 23.9. The standard InChI is InChI=1S/C25H35N3O4S/c1-5-11-26-22(30)19-18-9-10-25(33-18)20(19)24(32)28(16(6-2)13-29)21(25)23(31)27-17-12-14(3)7-8-15(17)4/h7-8,12,16,18-21,29H,5-6,9-11,13H2,1-4H3,(H,26,30)(H,27,31)/t16-,18+,19-,20-,21?,25?/m0/s1. The number of hydrogen-bond donors (Lipinski definition) is 3. The van der Waals surface area contributed by atoms with Crippen molar-refractivity contribution < 1.29 is 19.5 Å². The van der Waals surface area contributed by atoms with Crippen molar-refractivity contribution in [3.63, 3.8) is 0 Å². The van der Waals surface area contributed by atoms with Gasteiger partial charge in [-0.2, -0.15) is 0 Å². The molecule has 3 saturated heterocycles. The zero-order valence-corrected chi connectivity index (χ0v) is 20.7. The topological polar surface area (TPSA) is 98.7 Å². The number of aliphatic hydroxyl groups is 1. The normalized spacial score (nSPS) is 30.9. The number of rotatable bonds is 8. The largest absolute Gasteiger partial charge is 0.394 e. The number of amides is 3. The number of benzene rings is 1. The van der Waals surface area contributed by atoms with Crippen LogP contribution in [0.15, 0.2) is 18.2 Å². The first kappa shape index (κ1) is 24.1. The highest BCUT2D eigenvalue weighted by atomic mass is 32.2. The highest BCUT2D eigenvalue weighted by Gasteiger charge is 2.74. The number of fused-ring (bicyclic) bond motifs is 1. The molecule has 2 unspecified atom stereocenters. The van der Waals surface area contributed by atoms with E-state index in [1.165, 1.54) is 0 Å². The van der Waals surface area contributed by atoms with E-state index in [9.17, 15) is 19.5 Å². The van der Waals surface area contributed by atoms with Gasteiger partial charge in [0.1, 0.15) is 6.04 Å². The first-order valence-corrected chi connectivity index (χ1v) is 12.9. The summed E-state index contributed by atoms with van der Waals surface area (Å²) in [6, 6.07) is 4.73. The molecule has 0 aliphatic carbocycles. The third-order valence-electron chi connectivity index (χ3n) is 7.56. The van der Waals surface area contributed by atoms with E-state index in [4.69, 9.17) is 0 Å². The molecule has 3 amide bonds. The lowest BCUT2D eigenvalue weighted by molar-refractivity contribution is -0.142. The average Bonchev–Trinajstić information content (AvgIpc) is 3.43. The Bertz CT molecular complexity index is 950. The molecule has 1 spiro atoms. The molecule has 4 rings (SSSR count). The Balaban J connectivity index is 1.72. The number of hydrogen-bond acceptors (Lipinski definition) is 5. The molecule has 3 aliphatic rings. The molecule has 6 atom stereocenters. The summed E-state index contributed by atoms with van der Waals surface area (Å²) in [7, 11) is 0. The SMILES string of the molecule is CCCNC(=O)[C@@H]1[C@H]2C(=O)N([C@@H](CC)CO)C(C(=O)Nc3cc(C)ccc3C)C23CC[C@H]1S3. The highest BCUT2D eigenvalue weighted by molar-refractivity contribution is 8.02. The fourth-order valence-corrected chi connectivity index (χ4v) is 8.14. The Hall–Kier alpha value is -2.06. The Morgan fingerprint density at radius 1 is 1.27 bits per heavy atom. The van der Waals surface area contributed by atoms with Gasteiger partial charge in [0.05, 0.1) is 29.2 Å². The maximum absolute atomic E-state index is 13.8. The maximum Gasteiger partial charge on any atom is 0.248 e. The summed E-state index contributed by atoms with van der Waals surface area (Å²) in [5.74, 6) is -1.44. The summed E-state index contributed by atoms with van der Waals surface area (Å²) in [6.07, 6.45) is 2.91. The first-order valence-electron chi connectivity index (χ1n) is 12.1. The molecular weight excluding hydrogens is 438 g/mol. The molecule has 0 aromatic heterocycles. The minimum absolute atomic E-state index is 0.0446. The second kappa shape index (κ2) is 9.29. The van der Waals surface area contributed by atoms with Crippen LogP contribution in [0, 0.1) is 25.7 Å². The lowest BCUT2D eigenvalue weighted by Crippen LogP contribution is -2.54. The van der Waals surface area contributed by atoms with Crippen molar-refractivity contribution >= 4 is 35.2 Å². The minimum atomic E-state index is -0.717. The summed E-state index contributed by atoms with van der Waals surface area (Å²) >= 11 is 1.65. The van der Waals surface area contributed by atoms with Crippen molar-refractivity contribution in [3.8, 4) is 0 Å². The molecule has 1 aromatic rings. The van der Waals surface area contributed by atoms with E-state index in [0.717, 1.165) is 36.1 Å². The smallest absolute Gasteiger partial charge is 0.248 e. The van der Waals surface area contributed by atoms with E-state index in [1.807, 2.05) is 45.9 Å². The first-order chi connectivity index (χ1) is 15.8. The fourth-order valence-electron chi connectivity index (χ4n) is 5.94. The number of carbonyl (C=O) groups excluding carboxylic acids is 3. The Labute approximate surface area is 200 Å². The Morgan fingerprint density at radius 2 is 2.03 bits per heavy atom. The summed E-state index contributed by atoms with van der Waals surface area (Å²) in [5, 5.41) is 16.2. The molecule has 3 heterocycles. The van der Waals surface area contributed by atoms with Gasteiger partial charge < -0.3 is 20.6 Å². The van der Waals surface area contributed by atoms with Crippen LogP contribution in [0.25, 0.3) is 0 Å². The molecule has 180 valence electrons. The van der Waals surface area contributed by atoms with Crippen LogP contribution >= 0.6 is 11.8 Å². The van der Waals surface area contributed by atoms with E-state index >= 15 is 0 Å². The van der Waals surface area contributed by atoms with Gasteiger partial charge in [-0.05, 0) is 56.7 Å². The number of aryl methyl sites for hydroxylation is 2. The number of carbonyl (C=O) groups is 3. The van der Waals surface area contributed by atoms with Gasteiger partial charge in [0.2, 0.25) is 17.7 Å². The van der Waals surface area contributed by atoms with Crippen LogP contribution in [0.5, 0.6) is 0 Å². The van der Waals surface area contributed by atoms with Crippen LogP contribution < -0.4 is 10.6 Å². The molecule has 8 heteroatoms. The van der Waals surface area contributed by atoms with Crippen molar-refractivity contribution in [2.24, 2.45) is 11.8 Å². The molecule has 2 bridgehead atoms. The second-order valence-corrected chi connectivity index (χ2v) is 11.2. The molecular formula is C25H35N3O4S. The lowest BCUT2D eigenvalue weighted by atomic mass is 9.70. The molecule has 0 radical (unpaired) electrons. The monoisotopic (exact) mass is 473 g/mol. The summed E-state index contributed by atoms with van der Waals surface area (Å²) < 4.78 is -0.639. The molecule has 7 nitrogen and oxygen atoms in total. The van der Waals surface area contributed by atoms with Crippen LogP contribution in [-0.2, 0) is 14.4 Å². The number of nitrogens with zero attached hydrogens (tertiary/aromatic N) is 1. The maximum atomic E-state index is 13.8. The van der Waals surface area contributed by atoms with Crippen molar-refractivity contribution in [2.45, 2.75) is 75.5 Å². The fraction of sp³-hybridized carbons (Fsp3) is 0.640. The third kappa shape index (κ3) is 3.85. The quantitative estimate of drug-likeness (QED) is 0.539. The van der Waals surface area contributed by atoms with Gasteiger partial charge in [-0.15, -0.1) is 11.8 Å². The number of likely N-dealkylation sites (tertiary alicyclic amines) is 1. The van der Waals surface area contributed by atoms with Gasteiger partial charge >= 0.3 is 0 Å². The highest BCUT2D eigenvalue weighted by Crippen LogP contribution is 2.66. The summed E-state index contributed by atoms with van der Waals surface area (Å²) in [6.45, 7) is 8.20. The van der Waals surface area contributed by atoms with Gasteiger partial charge in [0, 0.05) is 17.5 Å². The predicted octanol–water partition coefficient (Wildman–Crippen LogP) is 2.63. The number of nitrogens with one attached hydrogen (secondary N) is 2. The van der Waals surface area contributed by atoms with Gasteiger partial charge in [-0.1, -0.05) is 26.0 Å². The molecule has 3 N–H and O–H groups in total. The van der Waals surface area contributed by atoms with Gasteiger partial charge in [0.15, 0.2) is 0 Å². The van der Waals surface area contributed by atoms with Crippen LogP contribution in [0.2, 0.25) is 0 Å². The lowest BCUT2D eigenvalue weighted by Gasteiger charge is -2.36.